The summed E-state index contributed by atoms with van der Waals surface area (Å²) >= 11 is 0. The molecule has 6 nitrogen and oxygen atoms in total. The van der Waals surface area contributed by atoms with E-state index in [2.05, 4.69) is 43.9 Å². The van der Waals surface area contributed by atoms with Crippen LogP contribution in [0.5, 0.6) is 0 Å². The van der Waals surface area contributed by atoms with Crippen LogP contribution in [0.1, 0.15) is 5.56 Å². The molecule has 0 amide bonds. The number of H-pyrrole nitrogens is 1. The Balaban J connectivity index is 2.07. The summed E-state index contributed by atoms with van der Waals surface area (Å²) in [6.45, 7) is 4.00. The molecule has 0 aliphatic rings. The van der Waals surface area contributed by atoms with Gasteiger partial charge in [0.25, 0.3) is 5.56 Å². The van der Waals surface area contributed by atoms with Crippen LogP contribution in [0.15, 0.2) is 75.9 Å². The molecule has 4 aromatic rings. The van der Waals surface area contributed by atoms with E-state index in [0.29, 0.717) is 17.5 Å². The van der Waals surface area contributed by atoms with Crippen LogP contribution in [-0.4, -0.2) is 16.4 Å². The SMILES string of the molecule is C=C(Cc1c2ccccc2n2c1[nH]c(=O)c1ccccc12)NN=NC. The summed E-state index contributed by atoms with van der Waals surface area (Å²) in [6, 6.07) is 15.7. The molecule has 0 radical (unpaired) electrons. The van der Waals surface area contributed by atoms with Crippen LogP contribution in [0.4, 0.5) is 0 Å². The predicted molar refractivity (Wildman–Crippen MR) is 99.8 cm³/mol. The summed E-state index contributed by atoms with van der Waals surface area (Å²) in [5.41, 5.74) is 7.13. The minimum atomic E-state index is -0.0982. The molecule has 2 heterocycles. The van der Waals surface area contributed by atoms with Gasteiger partial charge < -0.3 is 4.98 Å². The van der Waals surface area contributed by atoms with Gasteiger partial charge >= 0.3 is 0 Å². The van der Waals surface area contributed by atoms with Gasteiger partial charge in [0.1, 0.15) is 5.65 Å². The molecule has 124 valence electrons. The molecule has 0 spiro atoms. The van der Waals surface area contributed by atoms with Gasteiger partial charge in [0, 0.05) is 23.1 Å². The van der Waals surface area contributed by atoms with Gasteiger partial charge in [-0.1, -0.05) is 42.1 Å². The quantitative estimate of drug-likeness (QED) is 0.443. The van der Waals surface area contributed by atoms with Crippen LogP contribution in [0, 0.1) is 0 Å². The number of hydrogen-bond donors (Lipinski definition) is 2. The molecule has 4 rings (SSSR count). The smallest absolute Gasteiger partial charge is 0.258 e. The van der Waals surface area contributed by atoms with Crippen LogP contribution >= 0.6 is 0 Å². The number of aromatic nitrogens is 2. The second-order valence-electron chi connectivity index (χ2n) is 5.84. The lowest BCUT2D eigenvalue weighted by Gasteiger charge is -2.06. The molecular formula is C19H17N5O. The van der Waals surface area contributed by atoms with Crippen molar-refractivity contribution in [3.8, 4) is 0 Å². The highest BCUT2D eigenvalue weighted by atomic mass is 16.1. The number of nitrogens with one attached hydrogen (secondary N) is 2. The molecule has 2 N–H and O–H groups in total. The third-order valence-corrected chi connectivity index (χ3v) is 4.30. The summed E-state index contributed by atoms with van der Waals surface area (Å²) in [4.78, 5) is 15.6. The Morgan fingerprint density at radius 1 is 1.12 bits per heavy atom. The monoisotopic (exact) mass is 331 g/mol. The van der Waals surface area contributed by atoms with Crippen molar-refractivity contribution in [2.45, 2.75) is 6.42 Å². The zero-order valence-corrected chi connectivity index (χ0v) is 13.8. The van der Waals surface area contributed by atoms with E-state index in [-0.39, 0.29) is 5.56 Å². The van der Waals surface area contributed by atoms with Crippen molar-refractivity contribution in [3.63, 3.8) is 0 Å². The van der Waals surface area contributed by atoms with E-state index >= 15 is 0 Å². The van der Waals surface area contributed by atoms with Gasteiger partial charge in [-0.2, -0.15) is 5.11 Å². The maximum Gasteiger partial charge on any atom is 0.258 e. The number of rotatable bonds is 4. The molecule has 0 saturated carbocycles. The first-order valence-corrected chi connectivity index (χ1v) is 7.96. The molecule has 0 unspecified atom stereocenters. The van der Waals surface area contributed by atoms with Crippen molar-refractivity contribution in [2.75, 3.05) is 7.05 Å². The maximum atomic E-state index is 12.5. The molecule has 0 fully saturated rings. The first-order valence-electron chi connectivity index (χ1n) is 7.96. The predicted octanol–water partition coefficient (Wildman–Crippen LogP) is 3.58. The average molecular weight is 331 g/mol. The Morgan fingerprint density at radius 2 is 1.76 bits per heavy atom. The molecule has 0 bridgehead atoms. The number of benzene rings is 2. The van der Waals surface area contributed by atoms with Gasteiger partial charge in [-0.05, 0) is 18.2 Å². The minimum Gasteiger partial charge on any atom is -0.307 e. The third-order valence-electron chi connectivity index (χ3n) is 4.30. The number of para-hydroxylation sites is 2. The van der Waals surface area contributed by atoms with Crippen LogP contribution in [0.3, 0.4) is 0 Å². The lowest BCUT2D eigenvalue weighted by molar-refractivity contribution is 0.780. The zero-order chi connectivity index (χ0) is 17.4. The highest BCUT2D eigenvalue weighted by molar-refractivity contribution is 5.96. The van der Waals surface area contributed by atoms with E-state index in [1.54, 1.807) is 7.05 Å². The number of allylic oxidation sites excluding steroid dienone is 1. The summed E-state index contributed by atoms with van der Waals surface area (Å²) in [5.74, 6) is 0. The Labute approximate surface area is 143 Å². The second-order valence-corrected chi connectivity index (χ2v) is 5.84. The summed E-state index contributed by atoms with van der Waals surface area (Å²) in [5, 5.41) is 9.19. The van der Waals surface area contributed by atoms with Crippen molar-refractivity contribution in [1.82, 2.24) is 14.8 Å². The van der Waals surface area contributed by atoms with Crippen LogP contribution in [-0.2, 0) is 6.42 Å². The molecular weight excluding hydrogens is 314 g/mol. The Bertz CT molecular complexity index is 1200. The Hall–Kier alpha value is -3.41. The molecule has 0 atom stereocenters. The number of hydrogen-bond acceptors (Lipinski definition) is 3. The fourth-order valence-corrected chi connectivity index (χ4v) is 3.28. The second kappa shape index (κ2) is 5.90. The first-order chi connectivity index (χ1) is 12.2. The van der Waals surface area contributed by atoms with Crippen LogP contribution in [0.25, 0.3) is 27.5 Å². The third kappa shape index (κ3) is 2.39. The normalized spacial score (nSPS) is 11.7. The van der Waals surface area contributed by atoms with E-state index in [1.807, 2.05) is 36.4 Å². The summed E-state index contributed by atoms with van der Waals surface area (Å²) in [7, 11) is 1.59. The van der Waals surface area contributed by atoms with Gasteiger partial charge in [-0.15, -0.1) is 0 Å². The fourth-order valence-electron chi connectivity index (χ4n) is 3.28. The van der Waals surface area contributed by atoms with E-state index in [0.717, 1.165) is 27.6 Å². The summed E-state index contributed by atoms with van der Waals surface area (Å²) in [6.07, 6.45) is 0.532. The summed E-state index contributed by atoms with van der Waals surface area (Å²) < 4.78 is 2.09. The maximum absolute atomic E-state index is 12.5. The van der Waals surface area contributed by atoms with E-state index in [1.165, 1.54) is 0 Å². The lowest BCUT2D eigenvalue weighted by Crippen LogP contribution is -2.11. The van der Waals surface area contributed by atoms with Crippen molar-refractivity contribution >= 4 is 27.5 Å². The Morgan fingerprint density at radius 3 is 2.48 bits per heavy atom. The molecule has 2 aromatic carbocycles. The largest absolute Gasteiger partial charge is 0.307 e. The van der Waals surface area contributed by atoms with Crippen molar-refractivity contribution in [2.24, 2.45) is 10.3 Å². The van der Waals surface area contributed by atoms with Crippen molar-refractivity contribution < 1.29 is 0 Å². The Kier molecular flexibility index (Phi) is 3.57. The molecule has 0 aliphatic heterocycles. The first kappa shape index (κ1) is 15.1. The molecule has 25 heavy (non-hydrogen) atoms. The van der Waals surface area contributed by atoms with Gasteiger partial charge in [0.15, 0.2) is 0 Å². The molecule has 0 aliphatic carbocycles. The minimum absolute atomic E-state index is 0.0982. The average Bonchev–Trinajstić information content (AvgIpc) is 2.94. The molecule has 6 heteroatoms. The van der Waals surface area contributed by atoms with Gasteiger partial charge in [-0.25, -0.2) is 0 Å². The zero-order valence-electron chi connectivity index (χ0n) is 13.8. The number of aromatic amines is 1. The topological polar surface area (TPSA) is 74.0 Å². The molecule has 2 aromatic heterocycles. The highest BCUT2D eigenvalue weighted by Crippen LogP contribution is 2.29. The van der Waals surface area contributed by atoms with E-state index in [9.17, 15) is 4.79 Å². The van der Waals surface area contributed by atoms with Crippen molar-refractivity contribution in [3.05, 3.63) is 76.7 Å². The number of fused-ring (bicyclic) bond motifs is 5. The highest BCUT2D eigenvalue weighted by Gasteiger charge is 2.16. The van der Waals surface area contributed by atoms with E-state index in [4.69, 9.17) is 0 Å². The number of nitrogens with zero attached hydrogens (tertiary/aromatic N) is 3. The van der Waals surface area contributed by atoms with Crippen LogP contribution < -0.4 is 11.0 Å². The lowest BCUT2D eigenvalue weighted by atomic mass is 10.1. The van der Waals surface area contributed by atoms with Crippen LogP contribution in [0.2, 0.25) is 0 Å². The van der Waals surface area contributed by atoms with Gasteiger partial charge in [0.05, 0.1) is 23.5 Å². The standard InChI is InChI=1S/C19H17N5O/c1-12(22-23-20-2)11-15-13-7-3-5-9-16(13)24-17-10-6-4-8-14(17)19(25)21-18(15)24/h3-10H,1,11H2,2H3,(H,20,22)(H,21,25). The van der Waals surface area contributed by atoms with Crippen molar-refractivity contribution in [1.29, 1.82) is 0 Å². The van der Waals surface area contributed by atoms with Gasteiger partial charge in [0.2, 0.25) is 0 Å². The van der Waals surface area contributed by atoms with E-state index < -0.39 is 0 Å². The van der Waals surface area contributed by atoms with Gasteiger partial charge in [-0.3, -0.25) is 14.6 Å². The fraction of sp³-hybridized carbons (Fsp3) is 0.105. The molecule has 0 saturated heterocycles.